The monoisotopic (exact) mass is 546 g/mol. The van der Waals surface area contributed by atoms with Crippen molar-refractivity contribution in [3.63, 3.8) is 0 Å². The first-order valence-electron chi connectivity index (χ1n) is 11.3. The minimum atomic E-state index is -0.115. The second-order valence-corrected chi connectivity index (χ2v) is 11.3. The average molecular weight is 548 g/mol. The van der Waals surface area contributed by atoms with Crippen LogP contribution in [0.25, 0.3) is 10.9 Å². The lowest BCUT2D eigenvalue weighted by atomic mass is 9.86. The van der Waals surface area contributed by atoms with E-state index in [4.69, 9.17) is 46.4 Å². The number of hydrogen-bond donors (Lipinski definition) is 1. The van der Waals surface area contributed by atoms with Crippen molar-refractivity contribution in [1.82, 2.24) is 9.88 Å². The topological polar surface area (TPSA) is 36.1 Å². The zero-order chi connectivity index (χ0) is 25.3. The molecule has 0 spiro atoms. The van der Waals surface area contributed by atoms with Crippen LogP contribution in [0.15, 0.2) is 60.8 Å². The Morgan fingerprint density at radius 3 is 2.26 bits per heavy atom. The summed E-state index contributed by atoms with van der Waals surface area (Å²) in [5.41, 5.74) is 4.24. The molecule has 3 aromatic carbocycles. The number of nitrogens with zero attached hydrogens (tertiary/aromatic N) is 1. The molecule has 1 heterocycles. The number of carbonyl (C=O) groups excluding carboxylic acids is 1. The van der Waals surface area contributed by atoms with Crippen LogP contribution >= 0.6 is 46.4 Å². The summed E-state index contributed by atoms with van der Waals surface area (Å²) in [6, 6.07) is 17.0. The van der Waals surface area contributed by atoms with Gasteiger partial charge < -0.3 is 9.88 Å². The van der Waals surface area contributed by atoms with Crippen LogP contribution in [0.4, 0.5) is 0 Å². The maximum atomic E-state index is 13.8. The fourth-order valence-electron chi connectivity index (χ4n) is 4.17. The summed E-state index contributed by atoms with van der Waals surface area (Å²) in [5, 5.41) is 3.10. The van der Waals surface area contributed by atoms with Gasteiger partial charge in [-0.05, 0) is 64.9 Å². The molecule has 1 amide bonds. The molecule has 0 radical (unpaired) electrons. The number of rotatable bonds is 6. The normalized spacial score (nSPS) is 11.7. The van der Waals surface area contributed by atoms with Gasteiger partial charge in [0.15, 0.2) is 0 Å². The van der Waals surface area contributed by atoms with Gasteiger partial charge in [-0.2, -0.15) is 0 Å². The van der Waals surface area contributed by atoms with E-state index in [1.807, 2.05) is 53.6 Å². The average Bonchev–Trinajstić information content (AvgIpc) is 3.25. The molecule has 0 unspecified atom stereocenters. The lowest BCUT2D eigenvalue weighted by Crippen LogP contribution is -2.32. The molecule has 4 rings (SSSR count). The number of halogens is 4. The number of aromatic amines is 1. The SMILES string of the molecule is CC(C)(C)c1ccc(CN(CCc2ccc(Cl)c(Cl)c2)C(=O)c2cc(Cl)cc3cc[nH]c23)cc1Cl. The summed E-state index contributed by atoms with van der Waals surface area (Å²) in [6.45, 7) is 7.26. The summed E-state index contributed by atoms with van der Waals surface area (Å²) >= 11 is 25.3. The number of hydrogen-bond acceptors (Lipinski definition) is 1. The summed E-state index contributed by atoms with van der Waals surface area (Å²) in [7, 11) is 0. The van der Waals surface area contributed by atoms with Crippen LogP contribution in [0.2, 0.25) is 20.1 Å². The Hall–Kier alpha value is -2.17. The van der Waals surface area contributed by atoms with Crippen LogP contribution in [-0.4, -0.2) is 22.3 Å². The van der Waals surface area contributed by atoms with E-state index >= 15 is 0 Å². The van der Waals surface area contributed by atoms with Crippen molar-refractivity contribution in [1.29, 1.82) is 0 Å². The van der Waals surface area contributed by atoms with Crippen LogP contribution in [-0.2, 0) is 18.4 Å². The standard InChI is InChI=1S/C28H26Cl4N2O/c1-28(2,3)22-6-4-18(13-24(22)31)16-34(11-9-17-5-7-23(30)25(32)12-17)27(35)21-15-20(29)14-19-8-10-33-26(19)21/h4-8,10,12-15,33H,9,11,16H2,1-3H3. The van der Waals surface area contributed by atoms with E-state index < -0.39 is 0 Å². The van der Waals surface area contributed by atoms with Gasteiger partial charge in [-0.3, -0.25) is 4.79 Å². The summed E-state index contributed by atoms with van der Waals surface area (Å²) in [6.07, 6.45) is 2.42. The first kappa shape index (κ1) is 25.9. The first-order valence-corrected chi connectivity index (χ1v) is 12.8. The third-order valence-electron chi connectivity index (χ3n) is 6.01. The van der Waals surface area contributed by atoms with E-state index in [0.717, 1.165) is 27.6 Å². The largest absolute Gasteiger partial charge is 0.361 e. The highest BCUT2D eigenvalue weighted by molar-refractivity contribution is 6.42. The van der Waals surface area contributed by atoms with Crippen molar-refractivity contribution in [3.8, 4) is 0 Å². The number of benzene rings is 3. The molecular formula is C28H26Cl4N2O. The summed E-state index contributed by atoms with van der Waals surface area (Å²) < 4.78 is 0. The van der Waals surface area contributed by atoms with Crippen molar-refractivity contribution < 1.29 is 4.79 Å². The highest BCUT2D eigenvalue weighted by atomic mass is 35.5. The van der Waals surface area contributed by atoms with Crippen molar-refractivity contribution in [3.05, 3.63) is 103 Å². The quantitative estimate of drug-likeness (QED) is 0.257. The van der Waals surface area contributed by atoms with Crippen LogP contribution in [0, 0.1) is 0 Å². The molecule has 0 aliphatic heterocycles. The van der Waals surface area contributed by atoms with Gasteiger partial charge in [0.1, 0.15) is 0 Å². The van der Waals surface area contributed by atoms with Gasteiger partial charge in [0, 0.05) is 34.7 Å². The summed E-state index contributed by atoms with van der Waals surface area (Å²) in [4.78, 5) is 18.8. The van der Waals surface area contributed by atoms with Gasteiger partial charge in [0.05, 0.1) is 21.1 Å². The number of H-pyrrole nitrogens is 1. The van der Waals surface area contributed by atoms with Crippen molar-refractivity contribution in [2.75, 3.05) is 6.54 Å². The van der Waals surface area contributed by atoms with E-state index in [1.165, 1.54) is 0 Å². The molecule has 0 atom stereocenters. The Morgan fingerprint density at radius 2 is 1.57 bits per heavy atom. The molecule has 0 fully saturated rings. The van der Waals surface area contributed by atoms with E-state index in [0.29, 0.717) is 45.2 Å². The summed E-state index contributed by atoms with van der Waals surface area (Å²) in [5.74, 6) is -0.115. The van der Waals surface area contributed by atoms with Gasteiger partial charge >= 0.3 is 0 Å². The maximum absolute atomic E-state index is 13.8. The van der Waals surface area contributed by atoms with E-state index in [-0.39, 0.29) is 11.3 Å². The second kappa shape index (κ2) is 10.4. The highest BCUT2D eigenvalue weighted by Crippen LogP contribution is 2.31. The Bertz CT molecular complexity index is 1390. The molecule has 0 saturated carbocycles. The molecule has 35 heavy (non-hydrogen) atoms. The zero-order valence-corrected chi connectivity index (χ0v) is 22.8. The van der Waals surface area contributed by atoms with Crippen molar-refractivity contribution in [2.45, 2.75) is 39.2 Å². The molecule has 4 aromatic rings. The molecule has 3 nitrogen and oxygen atoms in total. The van der Waals surface area contributed by atoms with Crippen LogP contribution < -0.4 is 0 Å². The predicted molar refractivity (Wildman–Crippen MR) is 148 cm³/mol. The Kier molecular flexibility index (Phi) is 7.73. The maximum Gasteiger partial charge on any atom is 0.256 e. The number of fused-ring (bicyclic) bond motifs is 1. The minimum Gasteiger partial charge on any atom is -0.361 e. The Balaban J connectivity index is 1.67. The van der Waals surface area contributed by atoms with Crippen LogP contribution in [0.3, 0.4) is 0 Å². The number of nitrogens with one attached hydrogen (secondary N) is 1. The highest BCUT2D eigenvalue weighted by Gasteiger charge is 2.22. The number of aromatic nitrogens is 1. The Labute approximate surface area is 225 Å². The minimum absolute atomic E-state index is 0.0705. The van der Waals surface area contributed by atoms with Crippen LogP contribution in [0.1, 0.15) is 47.8 Å². The zero-order valence-electron chi connectivity index (χ0n) is 19.8. The lowest BCUT2D eigenvalue weighted by Gasteiger charge is -2.25. The fourth-order valence-corrected chi connectivity index (χ4v) is 5.21. The molecule has 7 heteroatoms. The molecule has 0 saturated heterocycles. The molecule has 0 aliphatic carbocycles. The lowest BCUT2D eigenvalue weighted by molar-refractivity contribution is 0.0747. The first-order chi connectivity index (χ1) is 16.5. The van der Waals surface area contributed by atoms with Crippen molar-refractivity contribution >= 4 is 63.2 Å². The second-order valence-electron chi connectivity index (χ2n) is 9.68. The van der Waals surface area contributed by atoms with E-state index in [1.54, 1.807) is 12.1 Å². The molecule has 1 N–H and O–H groups in total. The van der Waals surface area contributed by atoms with Gasteiger partial charge in [0.2, 0.25) is 0 Å². The van der Waals surface area contributed by atoms with Gasteiger partial charge in [-0.1, -0.05) is 85.4 Å². The molecule has 0 aliphatic rings. The van der Waals surface area contributed by atoms with Crippen molar-refractivity contribution in [2.24, 2.45) is 0 Å². The van der Waals surface area contributed by atoms with Gasteiger partial charge in [0.25, 0.3) is 5.91 Å². The predicted octanol–water partition coefficient (Wildman–Crippen LogP) is 8.96. The number of amides is 1. The molecule has 182 valence electrons. The molecule has 1 aromatic heterocycles. The molecular weight excluding hydrogens is 522 g/mol. The van der Waals surface area contributed by atoms with Gasteiger partial charge in [-0.25, -0.2) is 0 Å². The smallest absolute Gasteiger partial charge is 0.256 e. The third-order valence-corrected chi connectivity index (χ3v) is 7.28. The number of carbonyl (C=O) groups is 1. The fraction of sp³-hybridized carbons (Fsp3) is 0.250. The van der Waals surface area contributed by atoms with Gasteiger partial charge in [-0.15, -0.1) is 0 Å². The third kappa shape index (κ3) is 5.98. The van der Waals surface area contributed by atoms with Crippen LogP contribution in [0.5, 0.6) is 0 Å². The van der Waals surface area contributed by atoms with E-state index in [9.17, 15) is 4.79 Å². The van der Waals surface area contributed by atoms with E-state index in [2.05, 4.69) is 25.8 Å². The molecule has 0 bridgehead atoms. The Morgan fingerprint density at radius 1 is 0.857 bits per heavy atom.